The molecule has 134 valence electrons. The van der Waals surface area contributed by atoms with E-state index in [1.54, 1.807) is 17.0 Å². The normalized spacial score (nSPS) is 17.5. The number of fused-ring (bicyclic) bond motifs is 1. The van der Waals surface area contributed by atoms with Crippen molar-refractivity contribution in [3.63, 3.8) is 0 Å². The first-order valence-corrected chi connectivity index (χ1v) is 9.00. The van der Waals surface area contributed by atoms with Crippen LogP contribution in [0.15, 0.2) is 40.8 Å². The molecule has 1 aliphatic rings. The second-order valence-corrected chi connectivity index (χ2v) is 7.02. The molecular formula is C18H16N2O5S. The summed E-state index contributed by atoms with van der Waals surface area (Å²) in [5, 5.41) is 9.61. The number of amides is 1. The minimum absolute atomic E-state index is 0.126. The van der Waals surface area contributed by atoms with E-state index in [0.717, 1.165) is 15.2 Å². The summed E-state index contributed by atoms with van der Waals surface area (Å²) in [5.74, 6) is -0.448. The smallest absolute Gasteiger partial charge is 0.306 e. The second-order valence-electron chi connectivity index (χ2n) is 5.99. The predicted octanol–water partition coefficient (Wildman–Crippen LogP) is 2.87. The Morgan fingerprint density at radius 2 is 2.12 bits per heavy atom. The first-order valence-electron chi connectivity index (χ1n) is 8.18. The van der Waals surface area contributed by atoms with Gasteiger partial charge >= 0.3 is 5.97 Å². The van der Waals surface area contributed by atoms with Crippen molar-refractivity contribution in [2.45, 2.75) is 12.5 Å². The number of ether oxygens (including phenoxy) is 1. The maximum absolute atomic E-state index is 12.7. The van der Waals surface area contributed by atoms with Crippen LogP contribution in [-0.4, -0.2) is 52.7 Å². The van der Waals surface area contributed by atoms with Gasteiger partial charge in [0.2, 0.25) is 0 Å². The maximum Gasteiger partial charge on any atom is 0.306 e. The van der Waals surface area contributed by atoms with Gasteiger partial charge in [0.1, 0.15) is 0 Å². The van der Waals surface area contributed by atoms with E-state index < -0.39 is 12.1 Å². The Bertz CT molecular complexity index is 930. The summed E-state index contributed by atoms with van der Waals surface area (Å²) in [4.78, 5) is 29.6. The second kappa shape index (κ2) is 6.89. The van der Waals surface area contributed by atoms with E-state index in [0.29, 0.717) is 18.9 Å². The number of morpholine rings is 1. The molecule has 0 unspecified atom stereocenters. The number of aromatic nitrogens is 1. The van der Waals surface area contributed by atoms with Gasteiger partial charge in [-0.05, 0) is 24.3 Å². The molecule has 7 nitrogen and oxygen atoms in total. The van der Waals surface area contributed by atoms with Gasteiger partial charge in [0.25, 0.3) is 5.91 Å². The number of aliphatic carboxylic acids is 1. The number of carbonyl (C=O) groups excluding carboxylic acids is 1. The van der Waals surface area contributed by atoms with Crippen LogP contribution in [0, 0.1) is 0 Å². The molecule has 3 aromatic rings. The molecule has 1 N–H and O–H groups in total. The molecule has 0 radical (unpaired) electrons. The van der Waals surface area contributed by atoms with Gasteiger partial charge in [0.05, 0.1) is 29.3 Å². The lowest BCUT2D eigenvalue weighted by atomic mass is 10.2. The molecule has 0 spiro atoms. The Balaban J connectivity index is 1.51. The third-order valence-corrected chi connectivity index (χ3v) is 5.20. The molecule has 1 amide bonds. The molecule has 1 aromatic carbocycles. The van der Waals surface area contributed by atoms with Crippen LogP contribution < -0.4 is 0 Å². The van der Waals surface area contributed by atoms with Crippen LogP contribution >= 0.6 is 11.3 Å². The number of rotatable bonds is 4. The summed E-state index contributed by atoms with van der Waals surface area (Å²) >= 11 is 1.50. The monoisotopic (exact) mass is 372 g/mol. The van der Waals surface area contributed by atoms with Crippen LogP contribution in [0.4, 0.5) is 0 Å². The highest BCUT2D eigenvalue weighted by molar-refractivity contribution is 7.21. The standard InChI is InChI=1S/C18H16N2O5S/c21-16(22)9-11-10-20(7-8-24-11)18(23)14-6-5-13(25-14)17-19-12-3-1-2-4-15(12)26-17/h1-6,11H,7-10H2,(H,21,22)/t11-/m0/s1. The molecule has 3 heterocycles. The van der Waals surface area contributed by atoms with Crippen molar-refractivity contribution in [2.75, 3.05) is 19.7 Å². The van der Waals surface area contributed by atoms with Crippen molar-refractivity contribution in [2.24, 2.45) is 0 Å². The quantitative estimate of drug-likeness (QED) is 0.757. The summed E-state index contributed by atoms with van der Waals surface area (Å²) < 4.78 is 12.2. The summed E-state index contributed by atoms with van der Waals surface area (Å²) in [7, 11) is 0. The van der Waals surface area contributed by atoms with Gasteiger partial charge < -0.3 is 19.2 Å². The number of hydrogen-bond donors (Lipinski definition) is 1. The van der Waals surface area contributed by atoms with Crippen LogP contribution in [0.25, 0.3) is 21.0 Å². The van der Waals surface area contributed by atoms with Crippen molar-refractivity contribution in [1.82, 2.24) is 9.88 Å². The highest BCUT2D eigenvalue weighted by Gasteiger charge is 2.28. The van der Waals surface area contributed by atoms with E-state index in [1.807, 2.05) is 24.3 Å². The lowest BCUT2D eigenvalue weighted by molar-refractivity contribution is -0.141. The van der Waals surface area contributed by atoms with E-state index in [-0.39, 0.29) is 24.6 Å². The number of hydrogen-bond acceptors (Lipinski definition) is 6. The minimum Gasteiger partial charge on any atom is -0.481 e. The number of thiazole rings is 1. The molecule has 0 saturated carbocycles. The number of para-hydroxylation sites is 1. The summed E-state index contributed by atoms with van der Waals surface area (Å²) in [5.41, 5.74) is 0.890. The van der Waals surface area contributed by atoms with Gasteiger partial charge in [0.15, 0.2) is 16.5 Å². The summed E-state index contributed by atoms with van der Waals surface area (Å²) in [6.07, 6.45) is -0.622. The highest BCUT2D eigenvalue weighted by Crippen LogP contribution is 2.31. The first kappa shape index (κ1) is 16.7. The highest BCUT2D eigenvalue weighted by atomic mass is 32.1. The molecule has 2 aromatic heterocycles. The van der Waals surface area contributed by atoms with Gasteiger partial charge in [-0.25, -0.2) is 4.98 Å². The molecule has 8 heteroatoms. The topological polar surface area (TPSA) is 92.9 Å². The van der Waals surface area contributed by atoms with Gasteiger partial charge in [-0.3, -0.25) is 9.59 Å². The van der Waals surface area contributed by atoms with Crippen molar-refractivity contribution < 1.29 is 23.8 Å². The number of benzene rings is 1. The third kappa shape index (κ3) is 3.33. The fourth-order valence-electron chi connectivity index (χ4n) is 2.92. The van der Waals surface area contributed by atoms with Gasteiger partial charge in [-0.15, -0.1) is 11.3 Å². The number of carbonyl (C=O) groups is 2. The number of carboxylic acid groups (broad SMARTS) is 1. The lowest BCUT2D eigenvalue weighted by Crippen LogP contribution is -2.46. The Morgan fingerprint density at radius 1 is 1.27 bits per heavy atom. The van der Waals surface area contributed by atoms with Crippen molar-refractivity contribution in [3.8, 4) is 10.8 Å². The van der Waals surface area contributed by atoms with E-state index in [1.165, 1.54) is 11.3 Å². The number of nitrogens with zero attached hydrogens (tertiary/aromatic N) is 2. The van der Waals surface area contributed by atoms with E-state index in [2.05, 4.69) is 4.98 Å². The first-order chi connectivity index (χ1) is 12.6. The Labute approximate surface area is 152 Å². The Kier molecular flexibility index (Phi) is 4.44. The predicted molar refractivity (Wildman–Crippen MR) is 95.2 cm³/mol. The molecule has 4 rings (SSSR count). The zero-order valence-corrected chi connectivity index (χ0v) is 14.6. The molecule has 0 aliphatic carbocycles. The van der Waals surface area contributed by atoms with Crippen molar-refractivity contribution in [1.29, 1.82) is 0 Å². The Hall–Kier alpha value is -2.71. The van der Waals surface area contributed by atoms with E-state index in [4.69, 9.17) is 14.3 Å². The fourth-order valence-corrected chi connectivity index (χ4v) is 3.85. The molecule has 1 fully saturated rings. The molecule has 1 atom stereocenters. The van der Waals surface area contributed by atoms with Crippen LogP contribution in [0.5, 0.6) is 0 Å². The minimum atomic E-state index is -0.944. The zero-order valence-electron chi connectivity index (χ0n) is 13.8. The van der Waals surface area contributed by atoms with Gasteiger partial charge in [-0.2, -0.15) is 0 Å². The van der Waals surface area contributed by atoms with Crippen LogP contribution in [0.3, 0.4) is 0 Å². The average Bonchev–Trinajstić information content (AvgIpc) is 3.27. The fraction of sp³-hybridized carbons (Fsp3) is 0.278. The third-order valence-electron chi connectivity index (χ3n) is 4.15. The molecule has 1 saturated heterocycles. The molecular weight excluding hydrogens is 356 g/mol. The average molecular weight is 372 g/mol. The zero-order chi connectivity index (χ0) is 18.1. The van der Waals surface area contributed by atoms with Gasteiger partial charge in [0, 0.05) is 13.1 Å². The molecule has 1 aliphatic heterocycles. The molecule has 26 heavy (non-hydrogen) atoms. The maximum atomic E-state index is 12.7. The summed E-state index contributed by atoms with van der Waals surface area (Å²) in [6.45, 7) is 0.962. The summed E-state index contributed by atoms with van der Waals surface area (Å²) in [6, 6.07) is 11.2. The van der Waals surface area contributed by atoms with Crippen LogP contribution in [0.1, 0.15) is 17.0 Å². The molecule has 0 bridgehead atoms. The lowest BCUT2D eigenvalue weighted by Gasteiger charge is -2.31. The van der Waals surface area contributed by atoms with Crippen LogP contribution in [-0.2, 0) is 9.53 Å². The largest absolute Gasteiger partial charge is 0.481 e. The van der Waals surface area contributed by atoms with Crippen LogP contribution in [0.2, 0.25) is 0 Å². The van der Waals surface area contributed by atoms with Crippen molar-refractivity contribution >= 4 is 33.4 Å². The number of furan rings is 1. The van der Waals surface area contributed by atoms with E-state index in [9.17, 15) is 9.59 Å². The Morgan fingerprint density at radius 3 is 2.92 bits per heavy atom. The van der Waals surface area contributed by atoms with Gasteiger partial charge in [-0.1, -0.05) is 12.1 Å². The SMILES string of the molecule is O=C(O)C[C@H]1CN(C(=O)c2ccc(-c3nc4ccccc4s3)o2)CCO1. The number of carboxylic acids is 1. The van der Waals surface area contributed by atoms with E-state index >= 15 is 0 Å². The van der Waals surface area contributed by atoms with Crippen molar-refractivity contribution in [3.05, 3.63) is 42.2 Å².